The number of aliphatic hydroxyl groups excluding tert-OH is 1. The van der Waals surface area contributed by atoms with Crippen molar-refractivity contribution in [2.24, 2.45) is 0 Å². The molecule has 3 atom stereocenters. The molecular formula is C23H27N5O3. The van der Waals surface area contributed by atoms with E-state index in [0.29, 0.717) is 35.7 Å². The highest BCUT2D eigenvalue weighted by Crippen LogP contribution is 2.29. The first-order chi connectivity index (χ1) is 15.1. The van der Waals surface area contributed by atoms with Crippen molar-refractivity contribution in [2.45, 2.75) is 51.4 Å². The normalized spacial score (nSPS) is 19.8. The number of piperidine rings is 1. The molecule has 0 radical (unpaired) electrons. The topological polar surface area (TPSA) is 93.4 Å². The summed E-state index contributed by atoms with van der Waals surface area (Å²) in [5.74, 6) is 0.355. The summed E-state index contributed by atoms with van der Waals surface area (Å²) < 4.78 is 6.18. The minimum absolute atomic E-state index is 0.0791. The lowest BCUT2D eigenvalue weighted by Crippen LogP contribution is -2.49. The van der Waals surface area contributed by atoms with Gasteiger partial charge in [0.05, 0.1) is 36.3 Å². The number of aromatic nitrogens is 4. The van der Waals surface area contributed by atoms with E-state index in [4.69, 9.17) is 4.74 Å². The van der Waals surface area contributed by atoms with Crippen LogP contribution in [-0.4, -0.2) is 54.6 Å². The van der Waals surface area contributed by atoms with Crippen LogP contribution in [-0.2, 0) is 0 Å². The van der Waals surface area contributed by atoms with Crippen molar-refractivity contribution < 1.29 is 14.6 Å². The molecule has 8 nitrogen and oxygen atoms in total. The second kappa shape index (κ2) is 9.26. The summed E-state index contributed by atoms with van der Waals surface area (Å²) in [6, 6.07) is 11.0. The fourth-order valence-electron chi connectivity index (χ4n) is 3.91. The van der Waals surface area contributed by atoms with Gasteiger partial charge in [0.1, 0.15) is 6.10 Å². The lowest BCUT2D eigenvalue weighted by Gasteiger charge is -2.38. The van der Waals surface area contributed by atoms with Gasteiger partial charge in [0, 0.05) is 17.8 Å². The van der Waals surface area contributed by atoms with Crippen LogP contribution in [0.25, 0.3) is 5.69 Å². The number of likely N-dealkylation sites (tertiary alicyclic amines) is 1. The maximum atomic E-state index is 13.5. The quantitative estimate of drug-likeness (QED) is 0.657. The molecule has 1 aliphatic rings. The Morgan fingerprint density at radius 3 is 2.71 bits per heavy atom. The Balaban J connectivity index is 1.55. The summed E-state index contributed by atoms with van der Waals surface area (Å²) in [4.78, 5) is 21.1. The van der Waals surface area contributed by atoms with E-state index in [-0.39, 0.29) is 18.1 Å². The van der Waals surface area contributed by atoms with E-state index in [1.165, 1.54) is 4.80 Å². The smallest absolute Gasteiger partial charge is 0.256 e. The van der Waals surface area contributed by atoms with Crippen molar-refractivity contribution in [1.82, 2.24) is 24.9 Å². The monoisotopic (exact) mass is 421 g/mol. The van der Waals surface area contributed by atoms with E-state index >= 15 is 0 Å². The van der Waals surface area contributed by atoms with Gasteiger partial charge in [-0.3, -0.25) is 4.79 Å². The largest absolute Gasteiger partial charge is 0.472 e. The van der Waals surface area contributed by atoms with Gasteiger partial charge in [-0.2, -0.15) is 15.0 Å². The Morgan fingerprint density at radius 1 is 1.16 bits per heavy atom. The number of nitrogens with zero attached hydrogens (tertiary/aromatic N) is 5. The molecule has 3 aromatic rings. The second-order valence-corrected chi connectivity index (χ2v) is 7.78. The van der Waals surface area contributed by atoms with Crippen molar-refractivity contribution in [3.63, 3.8) is 0 Å². The van der Waals surface area contributed by atoms with Crippen LogP contribution < -0.4 is 4.74 Å². The Bertz CT molecular complexity index is 1020. The van der Waals surface area contributed by atoms with Gasteiger partial charge in [-0.25, -0.2) is 4.98 Å². The van der Waals surface area contributed by atoms with Crippen molar-refractivity contribution >= 4 is 5.91 Å². The van der Waals surface area contributed by atoms with E-state index in [9.17, 15) is 9.90 Å². The summed E-state index contributed by atoms with van der Waals surface area (Å²) in [6.07, 6.45) is 6.21. The minimum Gasteiger partial charge on any atom is -0.472 e. The Kier molecular flexibility index (Phi) is 6.27. The molecular weight excluding hydrogens is 394 g/mol. The predicted octanol–water partition coefficient (Wildman–Crippen LogP) is 3.18. The average Bonchev–Trinajstić information content (AvgIpc) is 3.34. The third-order valence-corrected chi connectivity index (χ3v) is 5.69. The van der Waals surface area contributed by atoms with Crippen molar-refractivity contribution in [2.75, 3.05) is 6.54 Å². The zero-order valence-electron chi connectivity index (χ0n) is 17.8. The van der Waals surface area contributed by atoms with Gasteiger partial charge in [-0.05, 0) is 50.5 Å². The zero-order valence-corrected chi connectivity index (χ0v) is 17.8. The molecule has 1 aromatic carbocycles. The first-order valence-corrected chi connectivity index (χ1v) is 10.6. The summed E-state index contributed by atoms with van der Waals surface area (Å²) in [7, 11) is 0. The van der Waals surface area contributed by atoms with Crippen molar-refractivity contribution in [3.8, 4) is 11.6 Å². The number of aliphatic hydroxyl groups is 1. The van der Waals surface area contributed by atoms with Crippen LogP contribution in [0.15, 0.2) is 55.0 Å². The molecule has 31 heavy (non-hydrogen) atoms. The molecule has 3 heterocycles. The number of hydrogen-bond acceptors (Lipinski definition) is 6. The number of rotatable bonds is 6. The molecule has 1 fully saturated rings. The Labute approximate surface area is 181 Å². The number of ether oxygens (including phenoxy) is 1. The van der Waals surface area contributed by atoms with Crippen LogP contribution in [0.2, 0.25) is 0 Å². The molecule has 8 heteroatoms. The number of amides is 1. The van der Waals surface area contributed by atoms with Crippen LogP contribution in [0.1, 0.15) is 55.1 Å². The molecule has 0 bridgehead atoms. The highest BCUT2D eigenvalue weighted by molar-refractivity contribution is 5.98. The van der Waals surface area contributed by atoms with Gasteiger partial charge in [0.25, 0.3) is 5.91 Å². The molecule has 162 valence electrons. The van der Waals surface area contributed by atoms with Crippen LogP contribution in [0.4, 0.5) is 0 Å². The molecule has 0 saturated carbocycles. The molecule has 4 rings (SSSR count). The highest BCUT2D eigenvalue weighted by Gasteiger charge is 2.32. The summed E-state index contributed by atoms with van der Waals surface area (Å²) in [5.41, 5.74) is 1.87. The second-order valence-electron chi connectivity index (χ2n) is 7.78. The fourth-order valence-corrected chi connectivity index (χ4v) is 3.91. The maximum absolute atomic E-state index is 13.5. The van der Waals surface area contributed by atoms with Gasteiger partial charge in [0.15, 0.2) is 0 Å². The number of carbonyl (C=O) groups is 1. The molecule has 0 aliphatic carbocycles. The van der Waals surface area contributed by atoms with Crippen molar-refractivity contribution in [1.29, 1.82) is 0 Å². The SMILES string of the molecule is CC[C@@H](O)c1cccnc1O[C@@H]1CC[C@@H](C)N(C(=O)c2ccccc2-n2nccn2)C1. The third-order valence-electron chi connectivity index (χ3n) is 5.69. The number of carbonyl (C=O) groups excluding carboxylic acids is 1. The van der Waals surface area contributed by atoms with E-state index < -0.39 is 6.10 Å². The molecule has 0 unspecified atom stereocenters. The summed E-state index contributed by atoms with van der Waals surface area (Å²) in [5, 5.41) is 18.6. The number of hydrogen-bond donors (Lipinski definition) is 1. The van der Waals surface area contributed by atoms with E-state index in [0.717, 1.165) is 12.8 Å². The summed E-state index contributed by atoms with van der Waals surface area (Å²) >= 11 is 0. The lowest BCUT2D eigenvalue weighted by atomic mass is 9.99. The van der Waals surface area contributed by atoms with E-state index in [1.54, 1.807) is 30.7 Å². The minimum atomic E-state index is -0.627. The lowest BCUT2D eigenvalue weighted by molar-refractivity contribution is 0.0360. The number of para-hydroxylation sites is 1. The van der Waals surface area contributed by atoms with Crippen LogP contribution in [0.3, 0.4) is 0 Å². The predicted molar refractivity (Wildman–Crippen MR) is 115 cm³/mol. The van der Waals surface area contributed by atoms with Gasteiger partial charge >= 0.3 is 0 Å². The Morgan fingerprint density at radius 2 is 1.94 bits per heavy atom. The first-order valence-electron chi connectivity index (χ1n) is 10.6. The van der Waals surface area contributed by atoms with Gasteiger partial charge in [-0.1, -0.05) is 19.1 Å². The van der Waals surface area contributed by atoms with E-state index in [2.05, 4.69) is 22.1 Å². The standard InChI is InChI=1S/C23H27N5O3/c1-3-21(29)19-8-6-12-24-22(19)31-17-11-10-16(2)27(15-17)23(30)18-7-4-5-9-20(18)28-25-13-14-26-28/h4-9,12-14,16-17,21,29H,3,10-11,15H2,1-2H3/t16-,17-,21-/m1/s1. The molecule has 2 aromatic heterocycles. The fraction of sp³-hybridized carbons (Fsp3) is 0.391. The average molecular weight is 422 g/mol. The maximum Gasteiger partial charge on any atom is 0.256 e. The molecule has 0 spiro atoms. The van der Waals surface area contributed by atoms with Crippen molar-refractivity contribution in [3.05, 3.63) is 66.1 Å². The van der Waals surface area contributed by atoms with Gasteiger partial charge in [-0.15, -0.1) is 0 Å². The number of benzene rings is 1. The van der Waals surface area contributed by atoms with Crippen LogP contribution in [0.5, 0.6) is 5.88 Å². The summed E-state index contributed by atoms with van der Waals surface area (Å²) in [6.45, 7) is 4.41. The molecule has 1 aliphatic heterocycles. The first kappa shape index (κ1) is 21.0. The van der Waals surface area contributed by atoms with Crippen LogP contribution >= 0.6 is 0 Å². The highest BCUT2D eigenvalue weighted by atomic mass is 16.5. The van der Waals surface area contributed by atoms with E-state index in [1.807, 2.05) is 36.1 Å². The molecule has 1 saturated heterocycles. The van der Waals surface area contributed by atoms with Gasteiger partial charge in [0.2, 0.25) is 5.88 Å². The Hall–Kier alpha value is -3.26. The van der Waals surface area contributed by atoms with Gasteiger partial charge < -0.3 is 14.7 Å². The number of pyridine rings is 1. The third kappa shape index (κ3) is 4.44. The molecule has 1 N–H and O–H groups in total. The molecule has 1 amide bonds. The van der Waals surface area contributed by atoms with Crippen LogP contribution in [0, 0.1) is 0 Å². The zero-order chi connectivity index (χ0) is 21.8.